The minimum absolute atomic E-state index is 0.0311. The highest BCUT2D eigenvalue weighted by Crippen LogP contribution is 2.30. The molecule has 1 heterocycles. The maximum atomic E-state index is 14.2. The van der Waals surface area contributed by atoms with Crippen LogP contribution in [0.25, 0.3) is 0 Å². The highest BCUT2D eigenvalue weighted by Gasteiger charge is 2.21. The summed E-state index contributed by atoms with van der Waals surface area (Å²) in [4.78, 5) is 11.3. The summed E-state index contributed by atoms with van der Waals surface area (Å²) in [6.45, 7) is 4.94. The van der Waals surface area contributed by atoms with Crippen LogP contribution in [0.2, 0.25) is 0 Å². The Kier molecular flexibility index (Phi) is 4.53. The van der Waals surface area contributed by atoms with Crippen LogP contribution in [0.5, 0.6) is 0 Å². The van der Waals surface area contributed by atoms with Gasteiger partial charge in [0, 0.05) is 23.7 Å². The molecule has 0 aromatic heterocycles. The molecule has 1 aromatic rings. The molecule has 0 bridgehead atoms. The Morgan fingerprint density at radius 3 is 2.84 bits per heavy atom. The monoisotopic (exact) mass is 264 g/mol. The SMILES string of the molecule is CCCC(NCC)c1cc2c(cc1F)NC(=O)CC2. The van der Waals surface area contributed by atoms with Gasteiger partial charge in [-0.15, -0.1) is 0 Å². The maximum absolute atomic E-state index is 14.2. The van der Waals surface area contributed by atoms with Gasteiger partial charge in [0.25, 0.3) is 0 Å². The van der Waals surface area contributed by atoms with E-state index >= 15 is 0 Å². The van der Waals surface area contributed by atoms with Gasteiger partial charge in [0.1, 0.15) is 5.82 Å². The van der Waals surface area contributed by atoms with E-state index in [2.05, 4.69) is 17.6 Å². The van der Waals surface area contributed by atoms with E-state index in [4.69, 9.17) is 0 Å². The normalized spacial score (nSPS) is 15.8. The number of halogens is 1. The second-order valence-corrected chi connectivity index (χ2v) is 4.98. The first-order valence-corrected chi connectivity index (χ1v) is 7.01. The number of benzene rings is 1. The third kappa shape index (κ3) is 3.13. The van der Waals surface area contributed by atoms with Gasteiger partial charge in [-0.3, -0.25) is 4.79 Å². The molecule has 104 valence electrons. The molecule has 2 rings (SSSR count). The van der Waals surface area contributed by atoms with Gasteiger partial charge in [-0.05, 0) is 37.1 Å². The van der Waals surface area contributed by atoms with Crippen molar-refractivity contribution >= 4 is 11.6 Å². The lowest BCUT2D eigenvalue weighted by Gasteiger charge is -2.23. The highest BCUT2D eigenvalue weighted by atomic mass is 19.1. The van der Waals surface area contributed by atoms with Crippen molar-refractivity contribution in [1.29, 1.82) is 0 Å². The average Bonchev–Trinajstić information content (AvgIpc) is 2.37. The van der Waals surface area contributed by atoms with Crippen LogP contribution in [-0.4, -0.2) is 12.5 Å². The van der Waals surface area contributed by atoms with Gasteiger partial charge in [-0.1, -0.05) is 20.3 Å². The zero-order valence-corrected chi connectivity index (χ0v) is 11.6. The molecule has 1 atom stereocenters. The lowest BCUT2D eigenvalue weighted by atomic mass is 9.95. The molecule has 1 amide bonds. The topological polar surface area (TPSA) is 41.1 Å². The first kappa shape index (κ1) is 14.0. The van der Waals surface area contributed by atoms with Gasteiger partial charge in [0.15, 0.2) is 0 Å². The van der Waals surface area contributed by atoms with Crippen LogP contribution in [0.3, 0.4) is 0 Å². The molecule has 0 fully saturated rings. The molecule has 0 radical (unpaired) electrons. The van der Waals surface area contributed by atoms with Crippen LogP contribution in [0.1, 0.15) is 50.3 Å². The summed E-state index contributed by atoms with van der Waals surface area (Å²) in [6, 6.07) is 3.42. The third-order valence-electron chi connectivity index (χ3n) is 3.52. The van der Waals surface area contributed by atoms with Crippen molar-refractivity contribution in [3.8, 4) is 0 Å². The molecule has 4 heteroatoms. The molecule has 1 aromatic carbocycles. The van der Waals surface area contributed by atoms with Crippen molar-refractivity contribution in [1.82, 2.24) is 5.32 Å². The Labute approximate surface area is 113 Å². The number of hydrogen-bond acceptors (Lipinski definition) is 2. The van der Waals surface area contributed by atoms with Crippen molar-refractivity contribution in [2.75, 3.05) is 11.9 Å². The second-order valence-electron chi connectivity index (χ2n) is 4.98. The van der Waals surface area contributed by atoms with E-state index in [1.54, 1.807) is 0 Å². The van der Waals surface area contributed by atoms with Crippen molar-refractivity contribution < 1.29 is 9.18 Å². The number of rotatable bonds is 5. The molecule has 3 nitrogen and oxygen atoms in total. The number of aryl methyl sites for hydroxylation is 1. The molecule has 0 saturated heterocycles. The minimum atomic E-state index is -0.236. The Hall–Kier alpha value is -1.42. The molecule has 1 unspecified atom stereocenters. The standard InChI is InChI=1S/C15H21FN2O/c1-3-5-13(17-4-2)11-8-10-6-7-15(19)18-14(10)9-12(11)16/h8-9,13,17H,3-7H2,1-2H3,(H,18,19). The Bertz CT molecular complexity index is 467. The Morgan fingerprint density at radius 2 is 2.16 bits per heavy atom. The van der Waals surface area contributed by atoms with Crippen LogP contribution < -0.4 is 10.6 Å². The number of hydrogen-bond donors (Lipinski definition) is 2. The zero-order valence-electron chi connectivity index (χ0n) is 11.6. The fraction of sp³-hybridized carbons (Fsp3) is 0.533. The predicted octanol–water partition coefficient (Wildman–Crippen LogP) is 3.16. The lowest BCUT2D eigenvalue weighted by Crippen LogP contribution is -2.24. The smallest absolute Gasteiger partial charge is 0.224 e. The van der Waals surface area contributed by atoms with Crippen molar-refractivity contribution in [3.05, 3.63) is 29.1 Å². The molecule has 0 saturated carbocycles. The van der Waals surface area contributed by atoms with E-state index in [9.17, 15) is 9.18 Å². The molecule has 0 spiro atoms. The third-order valence-corrected chi connectivity index (χ3v) is 3.52. The summed E-state index contributed by atoms with van der Waals surface area (Å²) in [5.74, 6) is -0.267. The van der Waals surface area contributed by atoms with Gasteiger partial charge in [0.05, 0.1) is 0 Å². The van der Waals surface area contributed by atoms with Gasteiger partial charge in [0.2, 0.25) is 5.91 Å². The summed E-state index contributed by atoms with van der Waals surface area (Å²) in [6.07, 6.45) is 3.10. The Morgan fingerprint density at radius 1 is 1.37 bits per heavy atom. The summed E-state index contributed by atoms with van der Waals surface area (Å²) >= 11 is 0. The summed E-state index contributed by atoms with van der Waals surface area (Å²) in [7, 11) is 0. The van der Waals surface area contributed by atoms with Crippen molar-refractivity contribution in [2.24, 2.45) is 0 Å². The van der Waals surface area contributed by atoms with Crippen molar-refractivity contribution in [2.45, 2.75) is 45.6 Å². The number of anilines is 1. The lowest BCUT2D eigenvalue weighted by molar-refractivity contribution is -0.116. The van der Waals surface area contributed by atoms with E-state index in [0.29, 0.717) is 18.5 Å². The fourth-order valence-corrected chi connectivity index (χ4v) is 2.59. The van der Waals surface area contributed by atoms with E-state index in [1.807, 2.05) is 13.0 Å². The molecular formula is C15H21FN2O. The summed E-state index contributed by atoms with van der Waals surface area (Å²) in [5.41, 5.74) is 2.39. The summed E-state index contributed by atoms with van der Waals surface area (Å²) < 4.78 is 14.2. The predicted molar refractivity (Wildman–Crippen MR) is 74.7 cm³/mol. The van der Waals surface area contributed by atoms with Gasteiger partial charge >= 0.3 is 0 Å². The molecular weight excluding hydrogens is 243 g/mol. The maximum Gasteiger partial charge on any atom is 0.224 e. The number of carbonyl (C=O) groups excluding carboxylic acids is 1. The zero-order chi connectivity index (χ0) is 13.8. The van der Waals surface area contributed by atoms with E-state index in [-0.39, 0.29) is 17.8 Å². The van der Waals surface area contributed by atoms with E-state index in [1.165, 1.54) is 6.07 Å². The minimum Gasteiger partial charge on any atom is -0.326 e. The van der Waals surface area contributed by atoms with Gasteiger partial charge < -0.3 is 10.6 Å². The van der Waals surface area contributed by atoms with Crippen LogP contribution >= 0.6 is 0 Å². The van der Waals surface area contributed by atoms with E-state index in [0.717, 1.165) is 30.5 Å². The molecule has 2 N–H and O–H groups in total. The van der Waals surface area contributed by atoms with Gasteiger partial charge in [-0.2, -0.15) is 0 Å². The number of fused-ring (bicyclic) bond motifs is 1. The van der Waals surface area contributed by atoms with Crippen LogP contribution in [0.15, 0.2) is 12.1 Å². The van der Waals surface area contributed by atoms with E-state index < -0.39 is 0 Å². The average molecular weight is 264 g/mol. The molecule has 1 aliphatic rings. The first-order valence-electron chi connectivity index (χ1n) is 7.01. The first-order chi connectivity index (χ1) is 9.15. The molecule has 1 aliphatic heterocycles. The van der Waals surface area contributed by atoms with Crippen LogP contribution in [0, 0.1) is 5.82 Å². The molecule has 0 aliphatic carbocycles. The largest absolute Gasteiger partial charge is 0.326 e. The number of amides is 1. The number of carbonyl (C=O) groups is 1. The fourth-order valence-electron chi connectivity index (χ4n) is 2.59. The van der Waals surface area contributed by atoms with Gasteiger partial charge in [-0.25, -0.2) is 4.39 Å². The molecule has 19 heavy (non-hydrogen) atoms. The quantitative estimate of drug-likeness (QED) is 0.857. The second kappa shape index (κ2) is 6.15. The van der Waals surface area contributed by atoms with Crippen LogP contribution in [0.4, 0.5) is 10.1 Å². The van der Waals surface area contributed by atoms with Crippen molar-refractivity contribution in [3.63, 3.8) is 0 Å². The Balaban J connectivity index is 2.32. The number of nitrogens with one attached hydrogen (secondary N) is 2. The van der Waals surface area contributed by atoms with Crippen LogP contribution in [-0.2, 0) is 11.2 Å². The summed E-state index contributed by atoms with van der Waals surface area (Å²) in [5, 5.41) is 6.06. The highest BCUT2D eigenvalue weighted by molar-refractivity contribution is 5.93.